The van der Waals surface area contributed by atoms with Gasteiger partial charge in [0.2, 0.25) is 0 Å². The van der Waals surface area contributed by atoms with Gasteiger partial charge in [-0.25, -0.2) is 22.8 Å². The fraction of sp³-hybridized carbons (Fsp3) is 0.525. The van der Waals surface area contributed by atoms with Gasteiger partial charge >= 0.3 is 12.2 Å². The number of benzene rings is 2. The van der Waals surface area contributed by atoms with Gasteiger partial charge < -0.3 is 24.4 Å². The number of aromatic amines is 1. The molecule has 15 heteroatoms. The number of carbonyl (C=O) groups is 2. The highest BCUT2D eigenvalue weighted by Crippen LogP contribution is 2.40. The molecule has 3 fully saturated rings. The first-order valence-electron chi connectivity index (χ1n) is 18.8. The van der Waals surface area contributed by atoms with Gasteiger partial charge in [-0.2, -0.15) is 4.98 Å². The number of halogens is 3. The van der Waals surface area contributed by atoms with Crippen LogP contribution in [0.2, 0.25) is 0 Å². The number of rotatable bonds is 9. The maximum Gasteiger partial charge on any atom is 0.410 e. The molecule has 4 aromatic rings. The van der Waals surface area contributed by atoms with Crippen molar-refractivity contribution < 1.29 is 37.0 Å². The van der Waals surface area contributed by atoms with Crippen molar-refractivity contribution in [1.82, 2.24) is 30.1 Å². The molecule has 5 heterocycles. The van der Waals surface area contributed by atoms with E-state index in [4.69, 9.17) is 14.2 Å². The van der Waals surface area contributed by atoms with Crippen LogP contribution in [0.3, 0.4) is 0 Å². The molecule has 0 aliphatic carbocycles. The molecular weight excluding hydrogens is 717 g/mol. The molecule has 294 valence electrons. The van der Waals surface area contributed by atoms with Crippen LogP contribution in [-0.4, -0.2) is 105 Å². The van der Waals surface area contributed by atoms with Gasteiger partial charge in [-0.05, 0) is 76.3 Å². The van der Waals surface area contributed by atoms with E-state index in [0.717, 1.165) is 19.4 Å². The minimum absolute atomic E-state index is 0.0710. The second-order valence-electron chi connectivity index (χ2n) is 16.3. The fourth-order valence-corrected chi connectivity index (χ4v) is 8.31. The lowest BCUT2D eigenvalue weighted by atomic mass is 9.91. The lowest BCUT2D eigenvalue weighted by Crippen LogP contribution is -2.58. The molecule has 0 radical (unpaired) electrons. The largest absolute Gasteiger partial charge is 0.463 e. The zero-order valence-corrected chi connectivity index (χ0v) is 31.6. The molecule has 2 aromatic heterocycles. The second-order valence-corrected chi connectivity index (χ2v) is 16.3. The Bertz CT molecular complexity index is 2160. The highest BCUT2D eigenvalue weighted by atomic mass is 19.1. The number of fused-ring (bicyclic) bond motifs is 3. The summed E-state index contributed by atoms with van der Waals surface area (Å²) in [5, 5.41) is 3.98. The first kappa shape index (κ1) is 38.4. The molecule has 0 bridgehead atoms. The minimum Gasteiger partial charge on any atom is -0.463 e. The average Bonchev–Trinajstić information content (AvgIpc) is 3.65. The maximum absolute atomic E-state index is 16.5. The smallest absolute Gasteiger partial charge is 0.410 e. The summed E-state index contributed by atoms with van der Waals surface area (Å²) in [7, 11) is 0. The Balaban J connectivity index is 1.06. The fourth-order valence-electron chi connectivity index (χ4n) is 8.31. The number of alkyl carbamates (subject to hydrolysis) is 1. The molecule has 3 saturated heterocycles. The van der Waals surface area contributed by atoms with Crippen LogP contribution in [0.15, 0.2) is 47.4 Å². The third-order valence-electron chi connectivity index (χ3n) is 10.7. The molecule has 2 aromatic carbocycles. The quantitative estimate of drug-likeness (QED) is 0.192. The Hall–Kier alpha value is -4.92. The summed E-state index contributed by atoms with van der Waals surface area (Å²) >= 11 is 0. The van der Waals surface area contributed by atoms with Crippen molar-refractivity contribution in [2.24, 2.45) is 0 Å². The molecule has 0 saturated carbocycles. The van der Waals surface area contributed by atoms with Gasteiger partial charge in [0, 0.05) is 44.2 Å². The van der Waals surface area contributed by atoms with Crippen LogP contribution in [-0.2, 0) is 15.9 Å². The van der Waals surface area contributed by atoms with Gasteiger partial charge in [-0.15, -0.1) is 0 Å². The normalized spacial score (nSPS) is 23.5. The molecule has 7 rings (SSSR count). The third kappa shape index (κ3) is 8.21. The van der Waals surface area contributed by atoms with E-state index in [1.54, 1.807) is 56.9 Å². The number of carbonyl (C=O) groups excluding carboxylic acids is 2. The van der Waals surface area contributed by atoms with E-state index in [0.29, 0.717) is 54.3 Å². The van der Waals surface area contributed by atoms with Gasteiger partial charge in [0.15, 0.2) is 5.82 Å². The molecule has 3 aliphatic heterocycles. The summed E-state index contributed by atoms with van der Waals surface area (Å²) in [6.45, 7) is 8.53. The Morgan fingerprint density at radius 3 is 2.67 bits per heavy atom. The van der Waals surface area contributed by atoms with Crippen molar-refractivity contribution in [3.8, 4) is 17.3 Å². The first-order valence-corrected chi connectivity index (χ1v) is 18.8. The molecule has 55 heavy (non-hydrogen) atoms. The summed E-state index contributed by atoms with van der Waals surface area (Å²) in [6.07, 6.45) is 0.469. The van der Waals surface area contributed by atoms with E-state index in [1.165, 1.54) is 6.20 Å². The number of H-pyrrole nitrogens is 1. The number of ether oxygens (including phenoxy) is 3. The number of hydrogen-bond acceptors (Lipinski definition) is 9. The number of amides is 2. The predicted octanol–water partition coefficient (Wildman–Crippen LogP) is 6.63. The molecule has 4 atom stereocenters. The number of nitrogens with one attached hydrogen (secondary N) is 2. The number of pyridine rings is 1. The molecule has 12 nitrogen and oxygen atoms in total. The van der Waals surface area contributed by atoms with Gasteiger partial charge in [0.1, 0.15) is 42.4 Å². The Kier molecular flexibility index (Phi) is 10.4. The van der Waals surface area contributed by atoms with Crippen molar-refractivity contribution in [2.75, 3.05) is 39.4 Å². The lowest BCUT2D eigenvalue weighted by Gasteiger charge is -2.40. The second kappa shape index (κ2) is 15.0. The van der Waals surface area contributed by atoms with Crippen LogP contribution >= 0.6 is 0 Å². The Morgan fingerprint density at radius 2 is 1.89 bits per heavy atom. The number of likely N-dealkylation sites (tertiary alicyclic amines) is 1. The topological polar surface area (TPSA) is 139 Å². The van der Waals surface area contributed by atoms with Crippen LogP contribution < -0.4 is 15.6 Å². The van der Waals surface area contributed by atoms with Crippen LogP contribution in [0.25, 0.3) is 32.9 Å². The van der Waals surface area contributed by atoms with E-state index in [2.05, 4.69) is 25.2 Å². The summed E-state index contributed by atoms with van der Waals surface area (Å²) in [6, 6.07) is 10.3. The number of alkyl halides is 2. The highest BCUT2D eigenvalue weighted by molar-refractivity contribution is 5.99. The van der Waals surface area contributed by atoms with Gasteiger partial charge in [0.25, 0.3) is 11.6 Å². The lowest BCUT2D eigenvalue weighted by molar-refractivity contribution is 0.0115. The number of nitrogens with zero attached hydrogens (tertiary/aromatic N) is 4. The number of aromatic nitrogens is 3. The van der Waals surface area contributed by atoms with Gasteiger partial charge in [0.05, 0.1) is 16.5 Å². The monoisotopic (exact) mass is 764 g/mol. The van der Waals surface area contributed by atoms with E-state index >= 15 is 8.78 Å². The van der Waals surface area contributed by atoms with Crippen molar-refractivity contribution in [2.45, 2.75) is 95.2 Å². The molecule has 2 N–H and O–H groups in total. The van der Waals surface area contributed by atoms with Crippen molar-refractivity contribution >= 4 is 33.9 Å². The van der Waals surface area contributed by atoms with E-state index in [1.807, 2.05) is 12.1 Å². The Labute approximate surface area is 316 Å². The van der Waals surface area contributed by atoms with Crippen molar-refractivity contribution in [3.05, 3.63) is 64.3 Å². The SMILES string of the molecule is CC(C)(C)OC(=O)N1CCC[C@@](C)(NC(=O)OCC(F)Cc2cccc3cccc(-c4ncc5c(=O)[nH]c(OC[C@@]67CCCN6C[C@H](F)C7)nc5c4F)c23)C1. The van der Waals surface area contributed by atoms with Crippen molar-refractivity contribution in [1.29, 1.82) is 0 Å². The van der Waals surface area contributed by atoms with Crippen LogP contribution in [0.1, 0.15) is 65.4 Å². The zero-order chi connectivity index (χ0) is 39.1. The molecule has 3 aliphatic rings. The molecule has 2 amide bonds. The molecular formula is C40H47F3N6O6. The summed E-state index contributed by atoms with van der Waals surface area (Å²) < 4.78 is 63.1. The summed E-state index contributed by atoms with van der Waals surface area (Å²) in [5.74, 6) is -0.848. The van der Waals surface area contributed by atoms with Crippen LogP contribution in [0.4, 0.5) is 22.8 Å². The van der Waals surface area contributed by atoms with Gasteiger partial charge in [-0.1, -0.05) is 36.4 Å². The predicted molar refractivity (Wildman–Crippen MR) is 200 cm³/mol. The van der Waals surface area contributed by atoms with E-state index in [-0.39, 0.29) is 42.2 Å². The number of hydrogen-bond donors (Lipinski definition) is 2. The van der Waals surface area contributed by atoms with E-state index in [9.17, 15) is 18.8 Å². The summed E-state index contributed by atoms with van der Waals surface area (Å²) in [5.41, 5.74) is -2.00. The zero-order valence-electron chi connectivity index (χ0n) is 31.6. The standard InChI is InChI=1S/C40H47F3N6O6/c1-38(2,3)55-37(52)48-15-7-13-39(4,22-48)47-36(51)53-21-26(41)17-25-11-5-9-24-10-6-12-28(30(24)25)32-31(43)33-29(19-44-32)34(50)46-35(45-33)54-23-40-14-8-16-49(40)20-27(42)18-40/h5-6,9-12,19,26-27H,7-8,13-18,20-23H2,1-4H3,(H,47,51)(H,45,46,50)/t26?,27-,39-,40+/m1/s1. The number of piperidine rings is 1. The minimum atomic E-state index is -1.61. The van der Waals surface area contributed by atoms with Crippen molar-refractivity contribution in [3.63, 3.8) is 0 Å². The molecule has 1 unspecified atom stereocenters. The third-order valence-corrected chi connectivity index (χ3v) is 10.7. The highest BCUT2D eigenvalue weighted by Gasteiger charge is 2.49. The van der Waals surface area contributed by atoms with Crippen LogP contribution in [0.5, 0.6) is 6.01 Å². The van der Waals surface area contributed by atoms with Gasteiger partial charge in [-0.3, -0.25) is 19.7 Å². The summed E-state index contributed by atoms with van der Waals surface area (Å²) in [4.78, 5) is 53.4. The van der Waals surface area contributed by atoms with E-state index < -0.39 is 59.2 Å². The first-order chi connectivity index (χ1) is 26.1. The maximum atomic E-state index is 16.5. The molecule has 0 spiro atoms. The Morgan fingerprint density at radius 1 is 1.13 bits per heavy atom. The average molecular weight is 765 g/mol. The van der Waals surface area contributed by atoms with Crippen LogP contribution in [0, 0.1) is 5.82 Å².